The minimum atomic E-state index is -0.186. The van der Waals surface area contributed by atoms with Crippen LogP contribution in [0.3, 0.4) is 0 Å². The third-order valence-electron chi connectivity index (χ3n) is 4.56. The number of amides is 2. The summed E-state index contributed by atoms with van der Waals surface area (Å²) in [7, 11) is 0. The van der Waals surface area contributed by atoms with E-state index in [1.165, 1.54) is 11.5 Å². The molecule has 0 radical (unpaired) electrons. The number of benzene rings is 2. The lowest BCUT2D eigenvalue weighted by Crippen LogP contribution is -2.35. The molecule has 1 aromatic heterocycles. The Morgan fingerprint density at radius 1 is 1.04 bits per heavy atom. The highest BCUT2D eigenvalue weighted by atomic mass is 32.1. The van der Waals surface area contributed by atoms with Crippen LogP contribution >= 0.6 is 11.5 Å². The topological polar surface area (TPSA) is 75.2 Å². The first-order valence-electron chi connectivity index (χ1n) is 8.80. The van der Waals surface area contributed by atoms with Crippen molar-refractivity contribution in [2.24, 2.45) is 0 Å². The summed E-state index contributed by atoms with van der Waals surface area (Å²) < 4.78 is 3.85. The van der Waals surface area contributed by atoms with E-state index >= 15 is 0 Å². The van der Waals surface area contributed by atoms with E-state index in [1.807, 2.05) is 41.8 Å². The fourth-order valence-corrected chi connectivity index (χ4v) is 3.55. The van der Waals surface area contributed by atoms with Crippen LogP contribution in [0.25, 0.3) is 11.3 Å². The molecule has 6 nitrogen and oxygen atoms in total. The quantitative estimate of drug-likeness (QED) is 0.745. The van der Waals surface area contributed by atoms with Crippen molar-refractivity contribution in [2.45, 2.75) is 19.3 Å². The van der Waals surface area contributed by atoms with E-state index in [-0.39, 0.29) is 11.8 Å². The predicted octanol–water partition coefficient (Wildman–Crippen LogP) is 3.97. The first kappa shape index (κ1) is 17.4. The summed E-state index contributed by atoms with van der Waals surface area (Å²) in [6.07, 6.45) is 2.56. The number of hydrogen-bond donors (Lipinski definition) is 1. The summed E-state index contributed by atoms with van der Waals surface area (Å²) in [5.41, 5.74) is 3.88. The van der Waals surface area contributed by atoms with Gasteiger partial charge in [0.15, 0.2) is 0 Å². The molecule has 4 rings (SSSR count). The van der Waals surface area contributed by atoms with Gasteiger partial charge in [-0.05, 0) is 60.8 Å². The molecule has 0 saturated carbocycles. The Hall–Kier alpha value is -3.06. The van der Waals surface area contributed by atoms with Crippen LogP contribution in [0.15, 0.2) is 53.9 Å². The number of anilines is 2. The van der Waals surface area contributed by atoms with E-state index < -0.39 is 0 Å². The van der Waals surface area contributed by atoms with Gasteiger partial charge in [0.25, 0.3) is 5.91 Å². The van der Waals surface area contributed by atoms with Crippen LogP contribution in [0.2, 0.25) is 0 Å². The molecule has 27 heavy (non-hydrogen) atoms. The van der Waals surface area contributed by atoms with Crippen molar-refractivity contribution >= 4 is 34.7 Å². The van der Waals surface area contributed by atoms with E-state index in [0.717, 1.165) is 36.3 Å². The maximum absolute atomic E-state index is 12.5. The summed E-state index contributed by atoms with van der Waals surface area (Å²) in [4.78, 5) is 26.3. The van der Waals surface area contributed by atoms with Crippen LogP contribution in [0.5, 0.6) is 0 Å². The number of carbonyl (C=O) groups excluding carboxylic acids is 2. The normalized spacial score (nSPS) is 14.2. The molecule has 1 fully saturated rings. The van der Waals surface area contributed by atoms with Gasteiger partial charge in [-0.25, -0.2) is 0 Å². The summed E-state index contributed by atoms with van der Waals surface area (Å²) in [5.74, 6) is -0.0385. The molecule has 1 saturated heterocycles. The zero-order chi connectivity index (χ0) is 18.6. The molecule has 2 aromatic carbocycles. The predicted molar refractivity (Wildman–Crippen MR) is 106 cm³/mol. The molecular formula is C20H18N4O2S. The molecule has 0 aliphatic carbocycles. The Kier molecular flexibility index (Phi) is 4.93. The van der Waals surface area contributed by atoms with Crippen molar-refractivity contribution in [1.29, 1.82) is 0 Å². The maximum Gasteiger partial charge on any atom is 0.255 e. The highest BCUT2D eigenvalue weighted by Gasteiger charge is 2.19. The average Bonchev–Trinajstić information content (AvgIpc) is 3.24. The van der Waals surface area contributed by atoms with E-state index in [4.69, 9.17) is 0 Å². The fourth-order valence-electron chi connectivity index (χ4n) is 3.09. The van der Waals surface area contributed by atoms with E-state index in [9.17, 15) is 9.59 Å². The minimum absolute atomic E-state index is 0.147. The van der Waals surface area contributed by atoms with Crippen molar-refractivity contribution in [2.75, 3.05) is 16.8 Å². The Morgan fingerprint density at radius 3 is 2.48 bits per heavy atom. The summed E-state index contributed by atoms with van der Waals surface area (Å²) in [5, 5.41) is 8.79. The number of hydrogen-bond acceptors (Lipinski definition) is 5. The molecule has 1 N–H and O–H groups in total. The summed E-state index contributed by atoms with van der Waals surface area (Å²) in [6, 6.07) is 14.6. The van der Waals surface area contributed by atoms with Gasteiger partial charge in [0.2, 0.25) is 5.91 Å². The molecule has 2 amide bonds. The number of nitrogens with one attached hydrogen (secondary N) is 1. The molecule has 0 bridgehead atoms. The van der Waals surface area contributed by atoms with Crippen LogP contribution < -0.4 is 10.2 Å². The Morgan fingerprint density at radius 2 is 1.81 bits per heavy atom. The van der Waals surface area contributed by atoms with Crippen molar-refractivity contribution in [3.8, 4) is 11.3 Å². The van der Waals surface area contributed by atoms with E-state index in [0.29, 0.717) is 17.7 Å². The molecule has 3 aromatic rings. The monoisotopic (exact) mass is 378 g/mol. The molecule has 0 unspecified atom stereocenters. The first-order chi connectivity index (χ1) is 13.2. The average molecular weight is 378 g/mol. The molecule has 2 heterocycles. The number of nitrogens with zero attached hydrogens (tertiary/aromatic N) is 3. The van der Waals surface area contributed by atoms with Crippen molar-refractivity contribution in [3.05, 3.63) is 59.5 Å². The van der Waals surface area contributed by atoms with Crippen LogP contribution in [0.4, 0.5) is 11.4 Å². The Bertz CT molecular complexity index is 937. The van der Waals surface area contributed by atoms with Gasteiger partial charge in [0, 0.05) is 40.8 Å². The highest BCUT2D eigenvalue weighted by molar-refractivity contribution is 7.03. The van der Waals surface area contributed by atoms with Crippen molar-refractivity contribution in [1.82, 2.24) is 9.59 Å². The smallest absolute Gasteiger partial charge is 0.255 e. The van der Waals surface area contributed by atoms with Gasteiger partial charge < -0.3 is 10.2 Å². The molecule has 1 aliphatic heterocycles. The van der Waals surface area contributed by atoms with Gasteiger partial charge in [0.1, 0.15) is 5.69 Å². The molecule has 1 aliphatic rings. The molecule has 136 valence electrons. The van der Waals surface area contributed by atoms with Crippen molar-refractivity contribution in [3.63, 3.8) is 0 Å². The summed E-state index contributed by atoms with van der Waals surface area (Å²) >= 11 is 1.30. The minimum Gasteiger partial charge on any atom is -0.322 e. The van der Waals surface area contributed by atoms with Crippen LogP contribution in [-0.4, -0.2) is 27.9 Å². The largest absolute Gasteiger partial charge is 0.322 e. The second-order valence-corrected chi connectivity index (χ2v) is 6.98. The second kappa shape index (κ2) is 7.67. The lowest BCUT2D eigenvalue weighted by molar-refractivity contribution is -0.119. The summed E-state index contributed by atoms with van der Waals surface area (Å²) in [6.45, 7) is 0.741. The zero-order valence-corrected chi connectivity index (χ0v) is 15.4. The van der Waals surface area contributed by atoms with Gasteiger partial charge in [-0.1, -0.05) is 16.6 Å². The SMILES string of the molecule is O=C(Nc1ccc(-c2csnn2)cc1)c1ccc(N2CCCCC2=O)cc1. The molecule has 0 atom stereocenters. The van der Waals surface area contributed by atoms with Gasteiger partial charge in [0.05, 0.1) is 0 Å². The van der Waals surface area contributed by atoms with Gasteiger partial charge in [-0.2, -0.15) is 0 Å². The van der Waals surface area contributed by atoms with E-state index in [2.05, 4.69) is 14.9 Å². The van der Waals surface area contributed by atoms with Crippen LogP contribution in [-0.2, 0) is 4.79 Å². The van der Waals surface area contributed by atoms with Crippen LogP contribution in [0, 0.1) is 0 Å². The van der Waals surface area contributed by atoms with Gasteiger partial charge >= 0.3 is 0 Å². The third-order valence-corrected chi connectivity index (χ3v) is 5.07. The number of aromatic nitrogens is 2. The molecular weight excluding hydrogens is 360 g/mol. The lowest BCUT2D eigenvalue weighted by Gasteiger charge is -2.26. The maximum atomic E-state index is 12.5. The first-order valence-corrected chi connectivity index (χ1v) is 9.64. The fraction of sp³-hybridized carbons (Fsp3) is 0.200. The van der Waals surface area contributed by atoms with Gasteiger partial charge in [-0.3, -0.25) is 9.59 Å². The molecule has 0 spiro atoms. The Balaban J connectivity index is 1.43. The highest BCUT2D eigenvalue weighted by Crippen LogP contribution is 2.23. The standard InChI is InChI=1S/C20H18N4O2S/c25-19-3-1-2-12-24(19)17-10-6-15(7-11-17)20(26)21-16-8-4-14(5-9-16)18-13-27-23-22-18/h4-11,13H,1-3,12H2,(H,21,26). The number of rotatable bonds is 4. The van der Waals surface area contributed by atoms with Gasteiger partial charge in [-0.15, -0.1) is 5.10 Å². The lowest BCUT2D eigenvalue weighted by atomic mass is 10.1. The van der Waals surface area contributed by atoms with Crippen molar-refractivity contribution < 1.29 is 9.59 Å². The second-order valence-electron chi connectivity index (χ2n) is 6.37. The number of piperidine rings is 1. The van der Waals surface area contributed by atoms with Crippen LogP contribution in [0.1, 0.15) is 29.6 Å². The third kappa shape index (κ3) is 3.88. The number of carbonyl (C=O) groups is 2. The van der Waals surface area contributed by atoms with E-state index in [1.54, 1.807) is 17.0 Å². The zero-order valence-electron chi connectivity index (χ0n) is 14.6. The molecule has 7 heteroatoms. The Labute approximate surface area is 161 Å².